The average Bonchev–Trinajstić information content (AvgIpc) is 2.83. The van der Waals surface area contributed by atoms with E-state index in [0.29, 0.717) is 0 Å². The Morgan fingerprint density at radius 2 is 2.11 bits per heavy atom. The van der Waals surface area contributed by atoms with Gasteiger partial charge in [0.2, 0.25) is 0 Å². The number of thiophene rings is 1. The summed E-state index contributed by atoms with van der Waals surface area (Å²) in [4.78, 5) is 6.04. The summed E-state index contributed by atoms with van der Waals surface area (Å²) in [6, 6.07) is 8.45. The lowest BCUT2D eigenvalue weighted by molar-refractivity contribution is 0.414. The Hall–Kier alpha value is -1.61. The van der Waals surface area contributed by atoms with E-state index in [4.69, 9.17) is 9.73 Å². The number of benzene rings is 1. The molecular weight excluding hydrogens is 242 g/mol. The van der Waals surface area contributed by atoms with Crippen molar-refractivity contribution in [2.75, 3.05) is 13.7 Å². The first kappa shape index (κ1) is 11.5. The summed E-state index contributed by atoms with van der Waals surface area (Å²) in [5.41, 5.74) is 4.97. The van der Waals surface area contributed by atoms with Gasteiger partial charge in [0.05, 0.1) is 12.8 Å². The largest absolute Gasteiger partial charge is 0.497 e. The van der Waals surface area contributed by atoms with Crippen LogP contribution in [0.5, 0.6) is 5.75 Å². The van der Waals surface area contributed by atoms with Gasteiger partial charge in [-0.15, -0.1) is 11.3 Å². The third-order valence-corrected chi connectivity index (χ3v) is 4.18. The molecule has 0 amide bonds. The van der Waals surface area contributed by atoms with Gasteiger partial charge in [0.25, 0.3) is 0 Å². The van der Waals surface area contributed by atoms with E-state index >= 15 is 0 Å². The summed E-state index contributed by atoms with van der Waals surface area (Å²) < 4.78 is 5.32. The molecule has 3 rings (SSSR count). The fraction of sp³-hybridized carbons (Fsp3) is 0.267. The Morgan fingerprint density at radius 1 is 1.22 bits per heavy atom. The molecule has 18 heavy (non-hydrogen) atoms. The van der Waals surface area contributed by atoms with Crippen LogP contribution in [-0.4, -0.2) is 19.4 Å². The van der Waals surface area contributed by atoms with Crippen LogP contribution in [-0.2, 0) is 6.42 Å². The summed E-state index contributed by atoms with van der Waals surface area (Å²) in [7, 11) is 1.71. The number of fused-ring (bicyclic) bond motifs is 1. The molecule has 1 aromatic heterocycles. The number of hydrogen-bond acceptors (Lipinski definition) is 3. The second-order valence-corrected chi connectivity index (χ2v) is 5.51. The Morgan fingerprint density at radius 3 is 2.83 bits per heavy atom. The molecule has 1 aliphatic heterocycles. The van der Waals surface area contributed by atoms with Crippen molar-refractivity contribution in [1.82, 2.24) is 0 Å². The molecule has 0 atom stereocenters. The van der Waals surface area contributed by atoms with E-state index in [0.717, 1.165) is 24.4 Å². The molecule has 0 saturated heterocycles. The quantitative estimate of drug-likeness (QED) is 0.807. The third-order valence-electron chi connectivity index (χ3n) is 3.34. The first-order valence-electron chi connectivity index (χ1n) is 6.06. The number of aryl methyl sites for hydroxylation is 1. The van der Waals surface area contributed by atoms with Gasteiger partial charge in [-0.05, 0) is 42.5 Å². The van der Waals surface area contributed by atoms with Gasteiger partial charge in [0, 0.05) is 22.5 Å². The van der Waals surface area contributed by atoms with Crippen LogP contribution in [0.3, 0.4) is 0 Å². The lowest BCUT2D eigenvalue weighted by Crippen LogP contribution is -2.14. The van der Waals surface area contributed by atoms with Gasteiger partial charge in [0.1, 0.15) is 5.75 Å². The third kappa shape index (κ3) is 1.85. The van der Waals surface area contributed by atoms with Gasteiger partial charge in [-0.2, -0.15) is 0 Å². The zero-order chi connectivity index (χ0) is 12.5. The van der Waals surface area contributed by atoms with Crippen LogP contribution in [0, 0.1) is 6.92 Å². The lowest BCUT2D eigenvalue weighted by atomic mass is 9.93. The standard InChI is InChI=1S/C15H15NOS/c1-10-13(6-8-18-10)15-14-9-12(17-2)4-3-11(14)5-7-16-15/h3-4,6,8-9H,5,7H2,1-2H3. The smallest absolute Gasteiger partial charge is 0.119 e. The van der Waals surface area contributed by atoms with Crippen molar-refractivity contribution in [3.05, 3.63) is 51.2 Å². The second kappa shape index (κ2) is 4.58. The van der Waals surface area contributed by atoms with Crippen LogP contribution >= 0.6 is 11.3 Å². The molecule has 92 valence electrons. The van der Waals surface area contributed by atoms with E-state index in [2.05, 4.69) is 30.5 Å². The molecule has 2 aromatic rings. The highest BCUT2D eigenvalue weighted by atomic mass is 32.1. The maximum absolute atomic E-state index is 5.32. The number of hydrogen-bond donors (Lipinski definition) is 0. The molecule has 0 N–H and O–H groups in total. The predicted molar refractivity (Wildman–Crippen MR) is 76.3 cm³/mol. The Balaban J connectivity index is 2.14. The first-order chi connectivity index (χ1) is 8.79. The van der Waals surface area contributed by atoms with Crippen LogP contribution in [0.15, 0.2) is 34.6 Å². The topological polar surface area (TPSA) is 21.6 Å². The Bertz CT molecular complexity index is 613. The van der Waals surface area contributed by atoms with Crippen molar-refractivity contribution in [2.45, 2.75) is 13.3 Å². The molecular formula is C15H15NOS. The van der Waals surface area contributed by atoms with Gasteiger partial charge in [-0.1, -0.05) is 6.07 Å². The van der Waals surface area contributed by atoms with Crippen LogP contribution in [0.4, 0.5) is 0 Å². The number of aliphatic imine (C=N–C) groups is 1. The van der Waals surface area contributed by atoms with Crippen LogP contribution in [0.25, 0.3) is 0 Å². The van der Waals surface area contributed by atoms with Crippen LogP contribution < -0.4 is 4.74 Å². The molecule has 0 spiro atoms. The first-order valence-corrected chi connectivity index (χ1v) is 6.94. The van der Waals surface area contributed by atoms with E-state index in [1.54, 1.807) is 18.4 Å². The van der Waals surface area contributed by atoms with Gasteiger partial charge in [-0.25, -0.2) is 0 Å². The molecule has 1 aliphatic rings. The van der Waals surface area contributed by atoms with Crippen molar-refractivity contribution in [3.8, 4) is 5.75 Å². The zero-order valence-corrected chi connectivity index (χ0v) is 11.4. The molecule has 3 heteroatoms. The Labute approximate surface area is 111 Å². The highest BCUT2D eigenvalue weighted by Gasteiger charge is 2.18. The van der Waals surface area contributed by atoms with Gasteiger partial charge >= 0.3 is 0 Å². The maximum Gasteiger partial charge on any atom is 0.119 e. The zero-order valence-electron chi connectivity index (χ0n) is 10.6. The van der Waals surface area contributed by atoms with Crippen molar-refractivity contribution in [1.29, 1.82) is 0 Å². The molecule has 0 unspecified atom stereocenters. The van der Waals surface area contributed by atoms with Gasteiger partial charge in [-0.3, -0.25) is 4.99 Å². The highest BCUT2D eigenvalue weighted by Crippen LogP contribution is 2.27. The van der Waals surface area contributed by atoms with Crippen molar-refractivity contribution >= 4 is 17.0 Å². The minimum atomic E-state index is 0.879. The summed E-state index contributed by atoms with van der Waals surface area (Å²) >= 11 is 1.77. The molecule has 0 aliphatic carbocycles. The SMILES string of the molecule is COc1ccc2c(c1)C(c1ccsc1C)=NCC2. The van der Waals surface area contributed by atoms with Gasteiger partial charge in [0.15, 0.2) is 0 Å². The number of methoxy groups -OCH3 is 1. The molecule has 0 fully saturated rings. The van der Waals surface area contributed by atoms with E-state index < -0.39 is 0 Å². The normalized spacial score (nSPS) is 14.0. The predicted octanol–water partition coefficient (Wildman–Crippen LogP) is 3.46. The molecule has 0 radical (unpaired) electrons. The summed E-state index contributed by atoms with van der Waals surface area (Å²) in [5.74, 6) is 0.899. The lowest BCUT2D eigenvalue weighted by Gasteiger charge is -2.18. The van der Waals surface area contributed by atoms with Crippen LogP contribution in [0.1, 0.15) is 21.6 Å². The fourth-order valence-electron chi connectivity index (χ4n) is 2.36. The molecule has 2 nitrogen and oxygen atoms in total. The fourth-order valence-corrected chi connectivity index (χ4v) is 3.06. The summed E-state index contributed by atoms with van der Waals surface area (Å²) in [5, 5.41) is 2.13. The minimum Gasteiger partial charge on any atom is -0.497 e. The number of nitrogens with zero attached hydrogens (tertiary/aromatic N) is 1. The van der Waals surface area contributed by atoms with Crippen molar-refractivity contribution in [3.63, 3.8) is 0 Å². The highest BCUT2D eigenvalue weighted by molar-refractivity contribution is 7.10. The average molecular weight is 257 g/mol. The molecule has 0 saturated carbocycles. The molecule has 0 bridgehead atoms. The monoisotopic (exact) mass is 257 g/mol. The summed E-state index contributed by atoms with van der Waals surface area (Å²) in [6.07, 6.45) is 1.02. The summed E-state index contributed by atoms with van der Waals surface area (Å²) in [6.45, 7) is 3.03. The Kier molecular flexibility index (Phi) is 2.92. The minimum absolute atomic E-state index is 0.879. The van der Waals surface area contributed by atoms with Crippen LogP contribution in [0.2, 0.25) is 0 Å². The van der Waals surface area contributed by atoms with E-state index in [9.17, 15) is 0 Å². The molecule has 1 aromatic carbocycles. The molecule has 2 heterocycles. The van der Waals surface area contributed by atoms with E-state index in [1.807, 2.05) is 6.07 Å². The van der Waals surface area contributed by atoms with Crippen molar-refractivity contribution < 1.29 is 4.74 Å². The van der Waals surface area contributed by atoms with E-state index in [1.165, 1.54) is 21.6 Å². The van der Waals surface area contributed by atoms with Crippen molar-refractivity contribution in [2.24, 2.45) is 4.99 Å². The maximum atomic E-state index is 5.32. The second-order valence-electron chi connectivity index (χ2n) is 4.39. The number of rotatable bonds is 2. The van der Waals surface area contributed by atoms with Gasteiger partial charge < -0.3 is 4.74 Å². The number of ether oxygens (including phenoxy) is 1. The van der Waals surface area contributed by atoms with E-state index in [-0.39, 0.29) is 0 Å².